The number of carbonyl (C=O) groups is 2. The van der Waals surface area contributed by atoms with Crippen molar-refractivity contribution in [3.63, 3.8) is 0 Å². The Bertz CT molecular complexity index is 937. The van der Waals surface area contributed by atoms with Gasteiger partial charge in [0.1, 0.15) is 0 Å². The zero-order chi connectivity index (χ0) is 20.4. The van der Waals surface area contributed by atoms with E-state index < -0.39 is 0 Å². The number of aromatic nitrogens is 1. The molecule has 1 N–H and O–H groups in total. The minimum atomic E-state index is -0.278. The zero-order valence-corrected chi connectivity index (χ0v) is 17.9. The van der Waals surface area contributed by atoms with Crippen LogP contribution in [0.15, 0.2) is 39.7 Å². The minimum Gasteiger partial charge on any atom is -0.338 e. The molecule has 1 atom stereocenters. The molecule has 1 aromatic heterocycles. The van der Waals surface area contributed by atoms with Crippen LogP contribution < -0.4 is 10.9 Å². The maximum Gasteiger partial charge on any atom is 0.264 e. The van der Waals surface area contributed by atoms with Gasteiger partial charge in [0.05, 0.1) is 16.1 Å². The van der Waals surface area contributed by atoms with Crippen molar-refractivity contribution in [2.24, 2.45) is 13.0 Å². The predicted octanol–water partition coefficient (Wildman–Crippen LogP) is 3.26. The molecule has 148 valence electrons. The van der Waals surface area contributed by atoms with Crippen LogP contribution >= 0.6 is 15.9 Å². The lowest BCUT2D eigenvalue weighted by molar-refractivity contribution is -0.121. The average Bonchev–Trinajstić information content (AvgIpc) is 2.64. The zero-order valence-electron chi connectivity index (χ0n) is 16.3. The quantitative estimate of drug-likeness (QED) is 0.787. The number of benzene rings is 1. The van der Waals surface area contributed by atoms with Crippen LogP contribution in [-0.4, -0.2) is 34.4 Å². The van der Waals surface area contributed by atoms with Gasteiger partial charge >= 0.3 is 0 Å². The van der Waals surface area contributed by atoms with E-state index in [4.69, 9.17) is 0 Å². The lowest BCUT2D eigenvalue weighted by Crippen LogP contribution is -2.43. The van der Waals surface area contributed by atoms with E-state index in [1.165, 1.54) is 4.57 Å². The first-order valence-electron chi connectivity index (χ1n) is 9.29. The lowest BCUT2D eigenvalue weighted by atomic mass is 9.96. The molecule has 0 aliphatic carbocycles. The monoisotopic (exact) mass is 445 g/mol. The molecule has 0 spiro atoms. The van der Waals surface area contributed by atoms with Gasteiger partial charge in [-0.25, -0.2) is 0 Å². The van der Waals surface area contributed by atoms with Gasteiger partial charge in [-0.15, -0.1) is 0 Å². The number of nitrogens with one attached hydrogen (secondary N) is 1. The Labute approximate surface area is 172 Å². The van der Waals surface area contributed by atoms with Crippen molar-refractivity contribution >= 4 is 33.4 Å². The smallest absolute Gasteiger partial charge is 0.264 e. The van der Waals surface area contributed by atoms with E-state index in [9.17, 15) is 14.4 Å². The van der Waals surface area contributed by atoms with Gasteiger partial charge in [-0.1, -0.05) is 17.2 Å². The van der Waals surface area contributed by atoms with Crippen molar-refractivity contribution in [1.82, 2.24) is 9.47 Å². The Hall–Kier alpha value is -2.41. The highest BCUT2D eigenvalue weighted by Gasteiger charge is 2.29. The number of hydrogen-bond donors (Lipinski definition) is 1. The van der Waals surface area contributed by atoms with Gasteiger partial charge in [-0.05, 0) is 60.8 Å². The van der Waals surface area contributed by atoms with Gasteiger partial charge in [0.15, 0.2) is 0 Å². The van der Waals surface area contributed by atoms with Crippen LogP contribution in [0, 0.1) is 19.8 Å². The van der Waals surface area contributed by atoms with E-state index in [-0.39, 0.29) is 23.3 Å². The van der Waals surface area contributed by atoms with Crippen molar-refractivity contribution < 1.29 is 9.59 Å². The van der Waals surface area contributed by atoms with Crippen LogP contribution in [-0.2, 0) is 11.8 Å². The van der Waals surface area contributed by atoms with Crippen LogP contribution in [0.2, 0.25) is 0 Å². The molecule has 2 heterocycles. The van der Waals surface area contributed by atoms with E-state index in [0.29, 0.717) is 28.8 Å². The molecule has 1 fully saturated rings. The summed E-state index contributed by atoms with van der Waals surface area (Å²) in [5, 5.41) is 2.87. The van der Waals surface area contributed by atoms with Crippen molar-refractivity contribution in [3.05, 3.63) is 62.0 Å². The first kappa shape index (κ1) is 20.3. The third kappa shape index (κ3) is 4.52. The summed E-state index contributed by atoms with van der Waals surface area (Å²) < 4.78 is 1.80. The van der Waals surface area contributed by atoms with Crippen molar-refractivity contribution in [2.75, 3.05) is 18.4 Å². The minimum absolute atomic E-state index is 0.0332. The highest BCUT2D eigenvalue weighted by atomic mass is 79.9. The van der Waals surface area contributed by atoms with E-state index in [1.807, 2.05) is 32.0 Å². The molecule has 0 saturated carbocycles. The van der Waals surface area contributed by atoms with Gasteiger partial charge in [-0.3, -0.25) is 14.4 Å². The van der Waals surface area contributed by atoms with E-state index in [0.717, 1.165) is 24.0 Å². The van der Waals surface area contributed by atoms with Gasteiger partial charge in [-0.2, -0.15) is 0 Å². The molecule has 2 aromatic rings. The molecule has 2 amide bonds. The number of rotatable bonds is 3. The summed E-state index contributed by atoms with van der Waals surface area (Å²) in [7, 11) is 1.63. The van der Waals surface area contributed by atoms with Crippen LogP contribution in [0.5, 0.6) is 0 Å². The Morgan fingerprint density at radius 1 is 1.14 bits per heavy atom. The van der Waals surface area contributed by atoms with Crippen LogP contribution in [0.25, 0.3) is 0 Å². The summed E-state index contributed by atoms with van der Waals surface area (Å²) >= 11 is 3.21. The molecule has 6 nitrogen and oxygen atoms in total. The first-order valence-corrected chi connectivity index (χ1v) is 10.1. The summed E-state index contributed by atoms with van der Waals surface area (Å²) in [6.45, 7) is 4.99. The number of piperidine rings is 1. The van der Waals surface area contributed by atoms with Gasteiger partial charge in [0.25, 0.3) is 11.5 Å². The fraction of sp³-hybridized carbons (Fsp3) is 0.381. The SMILES string of the molecule is Cc1cc(C)cc(C(=O)N2CCC[C@H](C(=O)Nc3cc(Br)c(=O)n(C)c3)C2)c1. The standard InChI is InChI=1S/C21H24BrN3O3/c1-13-7-14(2)9-16(8-13)20(27)25-6-4-5-15(11-25)19(26)23-17-10-18(22)21(28)24(3)12-17/h7-10,12,15H,4-6,11H2,1-3H3,(H,23,26)/t15-/m0/s1. The van der Waals surface area contributed by atoms with E-state index in [1.54, 1.807) is 24.2 Å². The van der Waals surface area contributed by atoms with Gasteiger partial charge < -0.3 is 14.8 Å². The molecule has 1 aliphatic heterocycles. The Morgan fingerprint density at radius 3 is 2.46 bits per heavy atom. The number of pyridine rings is 1. The Kier molecular flexibility index (Phi) is 6.03. The van der Waals surface area contributed by atoms with Crippen LogP contribution in [0.1, 0.15) is 34.3 Å². The number of amides is 2. The lowest BCUT2D eigenvalue weighted by Gasteiger charge is -2.32. The third-order valence-corrected chi connectivity index (χ3v) is 5.52. The second-order valence-corrected chi connectivity index (χ2v) is 8.30. The predicted molar refractivity (Wildman–Crippen MR) is 113 cm³/mol. The topological polar surface area (TPSA) is 71.4 Å². The summed E-state index contributed by atoms with van der Waals surface area (Å²) in [5.74, 6) is -0.447. The maximum atomic E-state index is 12.9. The molecule has 3 rings (SSSR count). The van der Waals surface area contributed by atoms with Gasteiger partial charge in [0.2, 0.25) is 5.91 Å². The fourth-order valence-electron chi connectivity index (χ4n) is 3.64. The van der Waals surface area contributed by atoms with E-state index >= 15 is 0 Å². The number of carbonyl (C=O) groups excluding carboxylic acids is 2. The fourth-order valence-corrected chi connectivity index (χ4v) is 4.17. The summed E-state index contributed by atoms with van der Waals surface area (Å²) in [6, 6.07) is 7.41. The molecule has 28 heavy (non-hydrogen) atoms. The molecular formula is C21H24BrN3O3. The number of likely N-dealkylation sites (tertiary alicyclic amines) is 1. The molecular weight excluding hydrogens is 422 g/mol. The molecule has 0 bridgehead atoms. The molecule has 0 radical (unpaired) electrons. The van der Waals surface area contributed by atoms with Crippen molar-refractivity contribution in [2.45, 2.75) is 26.7 Å². The van der Waals surface area contributed by atoms with Gasteiger partial charge in [0, 0.05) is 31.9 Å². The number of nitrogens with zero attached hydrogens (tertiary/aromatic N) is 2. The van der Waals surface area contributed by atoms with Crippen molar-refractivity contribution in [1.29, 1.82) is 0 Å². The van der Waals surface area contributed by atoms with Crippen LogP contribution in [0.3, 0.4) is 0 Å². The molecule has 0 unspecified atom stereocenters. The summed E-state index contributed by atoms with van der Waals surface area (Å²) in [5.41, 5.74) is 3.16. The maximum absolute atomic E-state index is 12.9. The number of aryl methyl sites for hydroxylation is 3. The molecule has 7 heteroatoms. The highest BCUT2D eigenvalue weighted by Crippen LogP contribution is 2.22. The second kappa shape index (κ2) is 8.31. The summed E-state index contributed by atoms with van der Waals surface area (Å²) in [6.07, 6.45) is 3.10. The highest BCUT2D eigenvalue weighted by molar-refractivity contribution is 9.10. The average molecular weight is 446 g/mol. The molecule has 1 aliphatic rings. The molecule has 1 aromatic carbocycles. The normalized spacial score (nSPS) is 16.7. The third-order valence-electron chi connectivity index (χ3n) is 4.96. The van der Waals surface area contributed by atoms with Crippen LogP contribution in [0.4, 0.5) is 5.69 Å². The first-order chi connectivity index (χ1) is 13.2. The number of halogens is 1. The van der Waals surface area contributed by atoms with Crippen molar-refractivity contribution in [3.8, 4) is 0 Å². The largest absolute Gasteiger partial charge is 0.338 e. The number of hydrogen-bond acceptors (Lipinski definition) is 3. The Morgan fingerprint density at radius 2 is 1.82 bits per heavy atom. The Balaban J connectivity index is 1.71. The number of anilines is 1. The second-order valence-electron chi connectivity index (χ2n) is 7.45. The summed E-state index contributed by atoms with van der Waals surface area (Å²) in [4.78, 5) is 39.2. The molecule has 1 saturated heterocycles. The van der Waals surface area contributed by atoms with E-state index in [2.05, 4.69) is 21.2 Å².